The lowest BCUT2D eigenvalue weighted by atomic mass is 10.2. The van der Waals surface area contributed by atoms with Gasteiger partial charge in [-0.25, -0.2) is 9.78 Å². The van der Waals surface area contributed by atoms with E-state index in [1.807, 2.05) is 31.2 Å². The Morgan fingerprint density at radius 3 is 3.05 bits per heavy atom. The number of thiazole rings is 1. The Balaban J connectivity index is 2.03. The SMILES string of the molecule is CCOc1cccc(/C=N/Nc2nc(C)c(C(=O)OC)s2)c1. The van der Waals surface area contributed by atoms with Gasteiger partial charge in [-0.15, -0.1) is 0 Å². The molecule has 2 aromatic rings. The Kier molecular flexibility index (Phi) is 5.48. The molecule has 6 nitrogen and oxygen atoms in total. The number of nitrogens with one attached hydrogen (secondary N) is 1. The third-order valence-electron chi connectivity index (χ3n) is 2.71. The number of hydrogen-bond acceptors (Lipinski definition) is 7. The Hall–Kier alpha value is -2.41. The number of carbonyl (C=O) groups excluding carboxylic acids is 1. The van der Waals surface area contributed by atoms with E-state index in [-0.39, 0.29) is 0 Å². The summed E-state index contributed by atoms with van der Waals surface area (Å²) in [6, 6.07) is 7.60. The van der Waals surface area contributed by atoms with Crippen LogP contribution in [-0.4, -0.2) is 30.9 Å². The first-order valence-electron chi connectivity index (χ1n) is 6.71. The molecule has 2 rings (SSSR count). The lowest BCUT2D eigenvalue weighted by molar-refractivity contribution is 0.0605. The molecule has 0 fully saturated rings. The van der Waals surface area contributed by atoms with Crippen LogP contribution in [-0.2, 0) is 4.74 Å². The molecule has 1 heterocycles. The van der Waals surface area contributed by atoms with Crippen molar-refractivity contribution < 1.29 is 14.3 Å². The molecule has 0 aliphatic rings. The maximum Gasteiger partial charge on any atom is 0.350 e. The standard InChI is InChI=1S/C15H17N3O3S/c1-4-21-12-7-5-6-11(8-12)9-16-18-15-17-10(2)13(22-15)14(19)20-3/h5-9H,4H2,1-3H3,(H,17,18)/b16-9+. The molecular weight excluding hydrogens is 302 g/mol. The van der Waals surface area contributed by atoms with Gasteiger partial charge in [0.2, 0.25) is 5.13 Å². The van der Waals surface area contributed by atoms with Crippen LogP contribution in [0.15, 0.2) is 29.4 Å². The minimum Gasteiger partial charge on any atom is -0.494 e. The van der Waals surface area contributed by atoms with Crippen LogP contribution in [0.25, 0.3) is 0 Å². The van der Waals surface area contributed by atoms with Crippen LogP contribution in [0.4, 0.5) is 5.13 Å². The number of aryl methyl sites for hydroxylation is 1. The van der Waals surface area contributed by atoms with Crippen molar-refractivity contribution in [3.8, 4) is 5.75 Å². The van der Waals surface area contributed by atoms with Gasteiger partial charge in [0.1, 0.15) is 10.6 Å². The molecule has 1 aromatic carbocycles. The number of ether oxygens (including phenoxy) is 2. The molecule has 0 aliphatic carbocycles. The van der Waals surface area contributed by atoms with Gasteiger partial charge in [0, 0.05) is 0 Å². The first-order chi connectivity index (χ1) is 10.6. The van der Waals surface area contributed by atoms with Crippen molar-refractivity contribution in [1.29, 1.82) is 0 Å². The first kappa shape index (κ1) is 16.0. The third-order valence-corrected chi connectivity index (χ3v) is 3.75. The van der Waals surface area contributed by atoms with Gasteiger partial charge in [-0.3, -0.25) is 5.43 Å². The summed E-state index contributed by atoms with van der Waals surface area (Å²) in [5.41, 5.74) is 4.33. The van der Waals surface area contributed by atoms with Gasteiger partial charge in [-0.2, -0.15) is 5.10 Å². The van der Waals surface area contributed by atoms with Gasteiger partial charge in [0.15, 0.2) is 0 Å². The van der Waals surface area contributed by atoms with E-state index in [0.29, 0.717) is 22.3 Å². The summed E-state index contributed by atoms with van der Waals surface area (Å²) >= 11 is 1.20. The fourth-order valence-corrected chi connectivity index (χ4v) is 2.57. The van der Waals surface area contributed by atoms with Gasteiger partial charge in [-0.1, -0.05) is 23.5 Å². The summed E-state index contributed by atoms with van der Waals surface area (Å²) in [7, 11) is 1.35. The van der Waals surface area contributed by atoms with Crippen LogP contribution in [0.1, 0.15) is 27.9 Å². The van der Waals surface area contributed by atoms with E-state index in [0.717, 1.165) is 11.3 Å². The zero-order valence-electron chi connectivity index (χ0n) is 12.6. The predicted octanol–water partition coefficient (Wildman–Crippen LogP) is 3.08. The van der Waals surface area contributed by atoms with Gasteiger partial charge < -0.3 is 9.47 Å². The van der Waals surface area contributed by atoms with Gasteiger partial charge in [-0.05, 0) is 31.5 Å². The Morgan fingerprint density at radius 1 is 1.50 bits per heavy atom. The molecule has 1 N–H and O–H groups in total. The van der Waals surface area contributed by atoms with Crippen molar-refractivity contribution in [2.45, 2.75) is 13.8 Å². The van der Waals surface area contributed by atoms with Crippen molar-refractivity contribution in [3.63, 3.8) is 0 Å². The number of anilines is 1. The molecule has 0 saturated heterocycles. The molecule has 0 amide bonds. The van der Waals surface area contributed by atoms with Gasteiger partial charge in [0.25, 0.3) is 0 Å². The average molecular weight is 319 g/mol. The Bertz CT molecular complexity index is 682. The number of hydrazone groups is 1. The summed E-state index contributed by atoms with van der Waals surface area (Å²) in [4.78, 5) is 16.2. The van der Waals surface area contributed by atoms with Gasteiger partial charge >= 0.3 is 5.97 Å². The van der Waals surface area contributed by atoms with Gasteiger partial charge in [0.05, 0.1) is 25.6 Å². The highest BCUT2D eigenvalue weighted by Gasteiger charge is 2.15. The number of rotatable bonds is 6. The lowest BCUT2D eigenvalue weighted by Gasteiger charge is -2.02. The number of esters is 1. The van der Waals surface area contributed by atoms with Crippen LogP contribution in [0.5, 0.6) is 5.75 Å². The smallest absolute Gasteiger partial charge is 0.350 e. The fraction of sp³-hybridized carbons (Fsp3) is 0.267. The summed E-state index contributed by atoms with van der Waals surface area (Å²) in [5.74, 6) is 0.404. The van der Waals surface area contributed by atoms with Crippen molar-refractivity contribution in [2.75, 3.05) is 19.1 Å². The monoisotopic (exact) mass is 319 g/mol. The normalized spacial score (nSPS) is 10.7. The van der Waals surface area contributed by atoms with Crippen LogP contribution in [0, 0.1) is 6.92 Å². The minimum atomic E-state index is -0.392. The molecule has 0 spiro atoms. The molecule has 22 heavy (non-hydrogen) atoms. The van der Waals surface area contributed by atoms with Crippen molar-refractivity contribution in [2.24, 2.45) is 5.10 Å². The van der Waals surface area contributed by atoms with E-state index in [2.05, 4.69) is 15.5 Å². The highest BCUT2D eigenvalue weighted by atomic mass is 32.1. The quantitative estimate of drug-likeness (QED) is 0.503. The van der Waals surface area contributed by atoms with E-state index in [1.165, 1.54) is 18.4 Å². The van der Waals surface area contributed by atoms with E-state index < -0.39 is 5.97 Å². The van der Waals surface area contributed by atoms with Crippen molar-refractivity contribution in [1.82, 2.24) is 4.98 Å². The van der Waals surface area contributed by atoms with Crippen molar-refractivity contribution >= 4 is 28.7 Å². The molecule has 116 valence electrons. The van der Waals surface area contributed by atoms with Crippen LogP contribution >= 0.6 is 11.3 Å². The summed E-state index contributed by atoms with van der Waals surface area (Å²) in [6.07, 6.45) is 1.66. The second-order valence-electron chi connectivity index (χ2n) is 4.30. The average Bonchev–Trinajstić information content (AvgIpc) is 2.88. The minimum absolute atomic E-state index is 0.392. The van der Waals surface area contributed by atoms with E-state index >= 15 is 0 Å². The maximum atomic E-state index is 11.5. The van der Waals surface area contributed by atoms with Crippen LogP contribution in [0.3, 0.4) is 0 Å². The molecule has 0 bridgehead atoms. The zero-order chi connectivity index (χ0) is 15.9. The summed E-state index contributed by atoms with van der Waals surface area (Å²) < 4.78 is 10.1. The molecule has 0 saturated carbocycles. The largest absolute Gasteiger partial charge is 0.494 e. The molecule has 0 atom stereocenters. The third kappa shape index (κ3) is 4.05. The number of methoxy groups -OCH3 is 1. The maximum absolute atomic E-state index is 11.5. The molecule has 1 aromatic heterocycles. The number of aromatic nitrogens is 1. The zero-order valence-corrected chi connectivity index (χ0v) is 13.4. The van der Waals surface area contributed by atoms with Crippen LogP contribution in [0.2, 0.25) is 0 Å². The molecular formula is C15H17N3O3S. The highest BCUT2D eigenvalue weighted by Crippen LogP contribution is 2.23. The fourth-order valence-electron chi connectivity index (χ4n) is 1.74. The molecule has 7 heteroatoms. The van der Waals surface area contributed by atoms with E-state index in [9.17, 15) is 4.79 Å². The topological polar surface area (TPSA) is 72.8 Å². The highest BCUT2D eigenvalue weighted by molar-refractivity contribution is 7.17. The number of hydrogen-bond donors (Lipinski definition) is 1. The Labute approximate surface area is 132 Å². The molecule has 0 radical (unpaired) electrons. The second kappa shape index (κ2) is 7.56. The number of benzene rings is 1. The molecule has 0 aliphatic heterocycles. The predicted molar refractivity (Wildman–Crippen MR) is 87.0 cm³/mol. The second-order valence-corrected chi connectivity index (χ2v) is 5.30. The lowest BCUT2D eigenvalue weighted by Crippen LogP contribution is -1.99. The molecule has 0 unspecified atom stereocenters. The van der Waals surface area contributed by atoms with Crippen LogP contribution < -0.4 is 10.2 Å². The van der Waals surface area contributed by atoms with E-state index in [1.54, 1.807) is 13.1 Å². The van der Waals surface area contributed by atoms with E-state index in [4.69, 9.17) is 9.47 Å². The Morgan fingerprint density at radius 2 is 2.32 bits per heavy atom. The number of carbonyl (C=O) groups is 1. The van der Waals surface area contributed by atoms with Crippen molar-refractivity contribution in [3.05, 3.63) is 40.4 Å². The summed E-state index contributed by atoms with van der Waals surface area (Å²) in [6.45, 7) is 4.31. The first-order valence-corrected chi connectivity index (χ1v) is 7.53. The summed E-state index contributed by atoms with van der Waals surface area (Å²) in [5, 5.41) is 4.66. The number of nitrogens with zero attached hydrogens (tertiary/aromatic N) is 2.